The summed E-state index contributed by atoms with van der Waals surface area (Å²) in [7, 11) is 0. The van der Waals surface area contributed by atoms with E-state index in [1.807, 2.05) is 18.2 Å². The number of nitro groups is 1. The standard InChI is InChI=1S/C33H32N2O2/c1-32(2)17-18-33(3,4)27-20-30(35(36)37)25(19-26(27)32)23-14-10-16-29-31(23)24-13-8-9-15-28(24)34(29)21-22-11-6-5-7-12-22/h5-16,19-20H,17-18,21H2,1-4H3. The molecule has 0 spiro atoms. The molecule has 0 amide bonds. The lowest BCUT2D eigenvalue weighted by atomic mass is 9.62. The number of hydrogen-bond donors (Lipinski definition) is 0. The number of benzene rings is 4. The van der Waals surface area contributed by atoms with Gasteiger partial charge in [-0.15, -0.1) is 0 Å². The van der Waals surface area contributed by atoms with E-state index in [0.29, 0.717) is 5.56 Å². The fraction of sp³-hybridized carbons (Fsp3) is 0.273. The molecule has 1 aromatic heterocycles. The highest BCUT2D eigenvalue weighted by Gasteiger charge is 2.39. The van der Waals surface area contributed by atoms with Crippen molar-refractivity contribution in [3.05, 3.63) is 112 Å². The molecule has 186 valence electrons. The minimum atomic E-state index is -0.199. The molecule has 4 aromatic carbocycles. The molecular formula is C33H32N2O2. The van der Waals surface area contributed by atoms with Crippen molar-refractivity contribution in [2.45, 2.75) is 57.9 Å². The van der Waals surface area contributed by atoms with Crippen molar-refractivity contribution in [3.63, 3.8) is 0 Å². The van der Waals surface area contributed by atoms with E-state index in [1.54, 1.807) is 0 Å². The fourth-order valence-electron chi connectivity index (χ4n) is 6.23. The molecule has 0 fully saturated rings. The summed E-state index contributed by atoms with van der Waals surface area (Å²) in [6, 6.07) is 29.1. The van der Waals surface area contributed by atoms with Crippen LogP contribution in [0.15, 0.2) is 84.9 Å². The van der Waals surface area contributed by atoms with Crippen LogP contribution in [0.2, 0.25) is 0 Å². The summed E-state index contributed by atoms with van der Waals surface area (Å²) in [6.45, 7) is 9.69. The molecule has 0 atom stereocenters. The van der Waals surface area contributed by atoms with Crippen LogP contribution in [-0.4, -0.2) is 9.49 Å². The van der Waals surface area contributed by atoms with Crippen LogP contribution in [0, 0.1) is 10.1 Å². The minimum absolute atomic E-state index is 0.0378. The summed E-state index contributed by atoms with van der Waals surface area (Å²) in [5.41, 5.74) is 7.49. The van der Waals surface area contributed by atoms with Crippen molar-refractivity contribution in [1.82, 2.24) is 4.57 Å². The van der Waals surface area contributed by atoms with Crippen LogP contribution in [0.25, 0.3) is 32.9 Å². The van der Waals surface area contributed by atoms with Crippen LogP contribution in [-0.2, 0) is 17.4 Å². The number of aromatic nitrogens is 1. The van der Waals surface area contributed by atoms with Crippen molar-refractivity contribution >= 4 is 27.5 Å². The van der Waals surface area contributed by atoms with Gasteiger partial charge in [-0.3, -0.25) is 10.1 Å². The predicted octanol–water partition coefficient (Wildman–Crippen LogP) is 8.77. The second-order valence-corrected chi connectivity index (χ2v) is 11.7. The second kappa shape index (κ2) is 8.31. The van der Waals surface area contributed by atoms with Crippen LogP contribution in [0.1, 0.15) is 57.2 Å². The van der Waals surface area contributed by atoms with Crippen molar-refractivity contribution in [2.75, 3.05) is 0 Å². The van der Waals surface area contributed by atoms with Crippen LogP contribution >= 0.6 is 0 Å². The first kappa shape index (κ1) is 23.5. The topological polar surface area (TPSA) is 48.1 Å². The highest BCUT2D eigenvalue weighted by atomic mass is 16.6. The van der Waals surface area contributed by atoms with Gasteiger partial charge in [0.25, 0.3) is 5.69 Å². The highest BCUT2D eigenvalue weighted by Crippen LogP contribution is 2.50. The largest absolute Gasteiger partial charge is 0.336 e. The number of nitro benzene ring substituents is 1. The number of fused-ring (bicyclic) bond motifs is 4. The Hall–Kier alpha value is -3.92. The second-order valence-electron chi connectivity index (χ2n) is 11.7. The van der Waals surface area contributed by atoms with Gasteiger partial charge in [0.15, 0.2) is 0 Å². The average molecular weight is 489 g/mol. The van der Waals surface area contributed by atoms with Gasteiger partial charge in [-0.1, -0.05) is 88.4 Å². The molecule has 0 saturated carbocycles. The number of para-hydroxylation sites is 1. The van der Waals surface area contributed by atoms with E-state index in [4.69, 9.17) is 0 Å². The minimum Gasteiger partial charge on any atom is -0.336 e. The molecule has 37 heavy (non-hydrogen) atoms. The average Bonchev–Trinajstić information content (AvgIpc) is 3.20. The number of hydrogen-bond acceptors (Lipinski definition) is 2. The molecule has 0 radical (unpaired) electrons. The molecule has 1 aliphatic carbocycles. The molecule has 0 bridgehead atoms. The molecular weight excluding hydrogens is 456 g/mol. The summed E-state index contributed by atoms with van der Waals surface area (Å²) >= 11 is 0. The molecule has 6 rings (SSSR count). The van der Waals surface area contributed by atoms with Crippen LogP contribution in [0.5, 0.6) is 0 Å². The molecule has 0 aliphatic heterocycles. The molecule has 1 heterocycles. The van der Waals surface area contributed by atoms with Gasteiger partial charge in [-0.25, -0.2) is 0 Å². The van der Waals surface area contributed by atoms with E-state index in [-0.39, 0.29) is 21.4 Å². The maximum atomic E-state index is 12.5. The molecule has 1 aliphatic rings. The molecule has 0 saturated heterocycles. The Morgan fingerprint density at radius 3 is 2.08 bits per heavy atom. The van der Waals surface area contributed by atoms with E-state index >= 15 is 0 Å². The van der Waals surface area contributed by atoms with E-state index in [2.05, 4.69) is 99.0 Å². The lowest BCUT2D eigenvalue weighted by Gasteiger charge is -2.41. The first-order valence-corrected chi connectivity index (χ1v) is 13.0. The molecule has 0 unspecified atom stereocenters. The highest BCUT2D eigenvalue weighted by molar-refractivity contribution is 6.15. The van der Waals surface area contributed by atoms with Gasteiger partial charge in [0.1, 0.15) is 0 Å². The summed E-state index contributed by atoms with van der Waals surface area (Å²) in [5.74, 6) is 0. The van der Waals surface area contributed by atoms with E-state index < -0.39 is 0 Å². The third-order valence-electron chi connectivity index (χ3n) is 8.44. The van der Waals surface area contributed by atoms with E-state index in [1.165, 1.54) is 11.1 Å². The Morgan fingerprint density at radius 1 is 0.757 bits per heavy atom. The zero-order chi connectivity index (χ0) is 25.9. The first-order valence-electron chi connectivity index (χ1n) is 13.0. The Balaban J connectivity index is 1.67. The Kier molecular flexibility index (Phi) is 5.27. The molecule has 4 nitrogen and oxygen atoms in total. The van der Waals surface area contributed by atoms with Gasteiger partial charge in [-0.05, 0) is 64.1 Å². The van der Waals surface area contributed by atoms with Gasteiger partial charge in [0, 0.05) is 28.9 Å². The van der Waals surface area contributed by atoms with Crippen molar-refractivity contribution in [1.29, 1.82) is 0 Å². The summed E-state index contributed by atoms with van der Waals surface area (Å²) in [5, 5.41) is 14.7. The summed E-state index contributed by atoms with van der Waals surface area (Å²) < 4.78 is 2.33. The van der Waals surface area contributed by atoms with Gasteiger partial charge in [0.2, 0.25) is 0 Å². The lowest BCUT2D eigenvalue weighted by molar-refractivity contribution is -0.384. The maximum absolute atomic E-state index is 12.5. The Morgan fingerprint density at radius 2 is 1.38 bits per heavy atom. The van der Waals surface area contributed by atoms with Crippen molar-refractivity contribution in [3.8, 4) is 11.1 Å². The normalized spacial score (nSPS) is 16.1. The first-order chi connectivity index (χ1) is 17.7. The van der Waals surface area contributed by atoms with Gasteiger partial charge in [0.05, 0.1) is 16.0 Å². The van der Waals surface area contributed by atoms with Gasteiger partial charge < -0.3 is 4.57 Å². The van der Waals surface area contributed by atoms with Crippen molar-refractivity contribution < 1.29 is 4.92 Å². The third kappa shape index (κ3) is 3.74. The lowest BCUT2D eigenvalue weighted by Crippen LogP contribution is -2.34. The number of rotatable bonds is 4. The fourth-order valence-corrected chi connectivity index (χ4v) is 6.23. The maximum Gasteiger partial charge on any atom is 0.277 e. The smallest absolute Gasteiger partial charge is 0.277 e. The monoisotopic (exact) mass is 488 g/mol. The predicted molar refractivity (Wildman–Crippen MR) is 152 cm³/mol. The SMILES string of the molecule is CC1(C)CCC(C)(C)c2cc([N+](=O)[O-])c(-c3cccc4c3c3ccccc3n4Cc3ccccc3)cc21. The van der Waals surface area contributed by atoms with E-state index in [0.717, 1.165) is 52.3 Å². The van der Waals surface area contributed by atoms with Crippen LogP contribution in [0.3, 0.4) is 0 Å². The number of nitrogens with zero attached hydrogens (tertiary/aromatic N) is 2. The zero-order valence-corrected chi connectivity index (χ0v) is 21.9. The zero-order valence-electron chi connectivity index (χ0n) is 21.9. The van der Waals surface area contributed by atoms with Crippen molar-refractivity contribution in [2.24, 2.45) is 0 Å². The molecule has 4 heteroatoms. The van der Waals surface area contributed by atoms with E-state index in [9.17, 15) is 10.1 Å². The molecule has 5 aromatic rings. The van der Waals surface area contributed by atoms with Gasteiger partial charge >= 0.3 is 0 Å². The Labute approximate surface area is 217 Å². The summed E-state index contributed by atoms with van der Waals surface area (Å²) in [6.07, 6.45) is 2.08. The third-order valence-corrected chi connectivity index (χ3v) is 8.44. The quantitative estimate of drug-likeness (QED) is 0.187. The Bertz CT molecular complexity index is 1680. The van der Waals surface area contributed by atoms with Gasteiger partial charge in [-0.2, -0.15) is 0 Å². The molecule has 0 N–H and O–H groups in total. The summed E-state index contributed by atoms with van der Waals surface area (Å²) in [4.78, 5) is 12.3. The van der Waals surface area contributed by atoms with Crippen LogP contribution < -0.4 is 0 Å². The van der Waals surface area contributed by atoms with Crippen LogP contribution in [0.4, 0.5) is 5.69 Å².